The third-order valence-corrected chi connectivity index (χ3v) is 4.51. The molecule has 1 N–H and O–H groups in total. The number of thiazole rings is 1. The highest BCUT2D eigenvalue weighted by Gasteiger charge is 2.25. The molecular formula is C15H27N3OS. The summed E-state index contributed by atoms with van der Waals surface area (Å²) < 4.78 is 5.43. The van der Waals surface area contributed by atoms with Crippen LogP contribution in [-0.2, 0) is 16.7 Å². The Labute approximate surface area is 126 Å². The van der Waals surface area contributed by atoms with Gasteiger partial charge < -0.3 is 15.0 Å². The van der Waals surface area contributed by atoms with Crippen molar-refractivity contribution in [1.82, 2.24) is 10.3 Å². The van der Waals surface area contributed by atoms with Crippen LogP contribution in [0.4, 0.5) is 5.13 Å². The van der Waals surface area contributed by atoms with Crippen molar-refractivity contribution in [2.45, 2.75) is 46.1 Å². The molecular weight excluding hydrogens is 270 g/mol. The van der Waals surface area contributed by atoms with E-state index in [4.69, 9.17) is 9.72 Å². The van der Waals surface area contributed by atoms with Crippen LogP contribution in [0, 0.1) is 0 Å². The van der Waals surface area contributed by atoms with Crippen molar-refractivity contribution in [3.05, 3.63) is 10.6 Å². The van der Waals surface area contributed by atoms with Gasteiger partial charge in [0.1, 0.15) is 0 Å². The highest BCUT2D eigenvalue weighted by Crippen LogP contribution is 2.34. The van der Waals surface area contributed by atoms with Crippen LogP contribution in [0.1, 0.15) is 44.7 Å². The zero-order chi connectivity index (χ0) is 14.6. The Morgan fingerprint density at radius 2 is 2.00 bits per heavy atom. The first kappa shape index (κ1) is 15.7. The second kappa shape index (κ2) is 6.87. The maximum absolute atomic E-state index is 5.43. The molecule has 0 radical (unpaired) electrons. The van der Waals surface area contributed by atoms with Crippen LogP contribution in [-0.4, -0.2) is 37.8 Å². The minimum absolute atomic E-state index is 0.101. The molecule has 1 fully saturated rings. The molecule has 2 heterocycles. The van der Waals surface area contributed by atoms with Crippen molar-refractivity contribution >= 4 is 16.5 Å². The number of rotatable bonds is 5. The monoisotopic (exact) mass is 297 g/mol. The number of ether oxygens (including phenoxy) is 1. The first-order chi connectivity index (χ1) is 9.52. The molecule has 5 heteroatoms. The van der Waals surface area contributed by atoms with Gasteiger partial charge in [-0.2, -0.15) is 0 Å². The van der Waals surface area contributed by atoms with E-state index in [1.165, 1.54) is 17.0 Å². The molecule has 1 saturated heterocycles. The highest BCUT2D eigenvalue weighted by molar-refractivity contribution is 7.15. The molecule has 1 aliphatic heterocycles. The number of nitrogens with zero attached hydrogens (tertiary/aromatic N) is 2. The highest BCUT2D eigenvalue weighted by atomic mass is 32.1. The summed E-state index contributed by atoms with van der Waals surface area (Å²) in [4.78, 5) is 8.67. The van der Waals surface area contributed by atoms with E-state index >= 15 is 0 Å². The van der Waals surface area contributed by atoms with E-state index in [9.17, 15) is 0 Å². The summed E-state index contributed by atoms with van der Waals surface area (Å²) >= 11 is 1.84. The van der Waals surface area contributed by atoms with Gasteiger partial charge in [0.05, 0.1) is 18.9 Å². The zero-order valence-corrected chi connectivity index (χ0v) is 14.0. The summed E-state index contributed by atoms with van der Waals surface area (Å²) in [5.41, 5.74) is 1.34. The molecule has 1 aromatic heterocycles. The van der Waals surface area contributed by atoms with Crippen LogP contribution in [0.5, 0.6) is 0 Å². The molecule has 2 rings (SSSR count). The van der Waals surface area contributed by atoms with E-state index in [1.54, 1.807) is 0 Å². The number of hydrogen-bond acceptors (Lipinski definition) is 5. The van der Waals surface area contributed by atoms with Crippen molar-refractivity contribution < 1.29 is 4.74 Å². The van der Waals surface area contributed by atoms with Gasteiger partial charge in [-0.3, -0.25) is 0 Å². The lowest BCUT2D eigenvalue weighted by molar-refractivity contribution is 0.122. The maximum atomic E-state index is 5.43. The Bertz CT molecular complexity index is 419. The molecule has 0 spiro atoms. The smallest absolute Gasteiger partial charge is 0.186 e. The molecule has 1 aliphatic rings. The molecule has 4 nitrogen and oxygen atoms in total. The number of nitrogens with one attached hydrogen (secondary N) is 1. The largest absolute Gasteiger partial charge is 0.378 e. The summed E-state index contributed by atoms with van der Waals surface area (Å²) in [6.45, 7) is 14.5. The molecule has 0 bridgehead atoms. The van der Waals surface area contributed by atoms with Crippen molar-refractivity contribution in [2.75, 3.05) is 37.7 Å². The lowest BCUT2D eigenvalue weighted by atomic mass is 9.91. The van der Waals surface area contributed by atoms with Gasteiger partial charge in [-0.25, -0.2) is 4.98 Å². The third kappa shape index (κ3) is 3.93. The standard InChI is InChI=1S/C15H27N3OS/c1-5-6-16-11-12-13(15(2,3)4)17-14(20-12)18-7-9-19-10-8-18/h16H,5-11H2,1-4H3. The lowest BCUT2D eigenvalue weighted by Crippen LogP contribution is -2.36. The first-order valence-corrected chi connectivity index (χ1v) is 8.37. The summed E-state index contributed by atoms with van der Waals surface area (Å²) in [5, 5.41) is 4.67. The summed E-state index contributed by atoms with van der Waals surface area (Å²) in [6, 6.07) is 0. The van der Waals surface area contributed by atoms with E-state index in [-0.39, 0.29) is 5.41 Å². The second-order valence-electron chi connectivity index (χ2n) is 6.29. The molecule has 0 saturated carbocycles. The fraction of sp³-hybridized carbons (Fsp3) is 0.800. The van der Waals surface area contributed by atoms with Gasteiger partial charge in [-0.1, -0.05) is 27.7 Å². The molecule has 0 unspecified atom stereocenters. The van der Waals surface area contributed by atoms with Gasteiger partial charge in [0.25, 0.3) is 0 Å². The minimum Gasteiger partial charge on any atom is -0.378 e. The van der Waals surface area contributed by atoms with Gasteiger partial charge in [0.2, 0.25) is 0 Å². The van der Waals surface area contributed by atoms with E-state index in [0.717, 1.165) is 44.5 Å². The Morgan fingerprint density at radius 3 is 2.60 bits per heavy atom. The van der Waals surface area contributed by atoms with Crippen LogP contribution < -0.4 is 10.2 Å². The Hall–Kier alpha value is -0.650. The van der Waals surface area contributed by atoms with Gasteiger partial charge >= 0.3 is 0 Å². The Morgan fingerprint density at radius 1 is 1.30 bits per heavy atom. The van der Waals surface area contributed by atoms with Crippen LogP contribution in [0.2, 0.25) is 0 Å². The number of morpholine rings is 1. The van der Waals surface area contributed by atoms with E-state index in [0.29, 0.717) is 0 Å². The quantitative estimate of drug-likeness (QED) is 0.848. The molecule has 20 heavy (non-hydrogen) atoms. The second-order valence-corrected chi connectivity index (χ2v) is 7.36. The molecule has 1 aromatic rings. The maximum Gasteiger partial charge on any atom is 0.186 e. The van der Waals surface area contributed by atoms with Crippen LogP contribution in [0.25, 0.3) is 0 Å². The average molecular weight is 297 g/mol. The van der Waals surface area contributed by atoms with Crippen LogP contribution in [0.3, 0.4) is 0 Å². The molecule has 0 aromatic carbocycles. The summed E-state index contributed by atoms with van der Waals surface area (Å²) in [5.74, 6) is 0. The SMILES string of the molecule is CCCNCc1sc(N2CCOCC2)nc1C(C)(C)C. The molecule has 0 amide bonds. The zero-order valence-electron chi connectivity index (χ0n) is 13.2. The predicted molar refractivity (Wildman–Crippen MR) is 85.8 cm³/mol. The molecule has 0 atom stereocenters. The van der Waals surface area contributed by atoms with E-state index < -0.39 is 0 Å². The first-order valence-electron chi connectivity index (χ1n) is 7.56. The van der Waals surface area contributed by atoms with Crippen molar-refractivity contribution in [3.63, 3.8) is 0 Å². The van der Waals surface area contributed by atoms with Gasteiger partial charge in [0, 0.05) is 29.9 Å². The van der Waals surface area contributed by atoms with Gasteiger partial charge in [-0.05, 0) is 13.0 Å². The van der Waals surface area contributed by atoms with Gasteiger partial charge in [0.15, 0.2) is 5.13 Å². The average Bonchev–Trinajstić information content (AvgIpc) is 2.84. The fourth-order valence-electron chi connectivity index (χ4n) is 2.31. The third-order valence-electron chi connectivity index (χ3n) is 3.39. The van der Waals surface area contributed by atoms with Crippen molar-refractivity contribution in [1.29, 1.82) is 0 Å². The van der Waals surface area contributed by atoms with Crippen LogP contribution in [0.15, 0.2) is 0 Å². The molecule has 0 aliphatic carbocycles. The normalized spacial score (nSPS) is 16.7. The van der Waals surface area contributed by atoms with Crippen LogP contribution >= 0.6 is 11.3 Å². The number of aromatic nitrogens is 1. The minimum atomic E-state index is 0.101. The van der Waals surface area contributed by atoms with E-state index in [1.807, 2.05) is 11.3 Å². The number of hydrogen-bond donors (Lipinski definition) is 1. The van der Waals surface area contributed by atoms with Crippen molar-refractivity contribution in [2.24, 2.45) is 0 Å². The van der Waals surface area contributed by atoms with Crippen molar-refractivity contribution in [3.8, 4) is 0 Å². The fourth-order valence-corrected chi connectivity index (χ4v) is 3.61. The Kier molecular flexibility index (Phi) is 5.41. The Balaban J connectivity index is 2.17. The number of anilines is 1. The summed E-state index contributed by atoms with van der Waals surface area (Å²) in [6.07, 6.45) is 1.17. The summed E-state index contributed by atoms with van der Waals surface area (Å²) in [7, 11) is 0. The molecule has 114 valence electrons. The predicted octanol–water partition coefficient (Wildman–Crippen LogP) is 2.78. The van der Waals surface area contributed by atoms with Gasteiger partial charge in [-0.15, -0.1) is 11.3 Å². The topological polar surface area (TPSA) is 37.4 Å². The lowest BCUT2D eigenvalue weighted by Gasteiger charge is -2.26. The van der Waals surface area contributed by atoms with E-state index in [2.05, 4.69) is 37.9 Å².